The number of hydrogen-bond donors (Lipinski definition) is 0. The van der Waals surface area contributed by atoms with E-state index in [2.05, 4.69) is 35.2 Å². The van der Waals surface area contributed by atoms with Gasteiger partial charge in [0.1, 0.15) is 11.4 Å². The van der Waals surface area contributed by atoms with Crippen LogP contribution in [0.5, 0.6) is 0 Å². The Kier molecular flexibility index (Phi) is 9.51. The number of ether oxygens (including phenoxy) is 1. The first-order chi connectivity index (χ1) is 26.7. The third-order valence-corrected chi connectivity index (χ3v) is 12.3. The Labute approximate surface area is 327 Å². The normalized spacial score (nSPS) is 15.1. The average molecular weight is 775 g/mol. The maximum absolute atomic E-state index is 14.4. The van der Waals surface area contributed by atoms with E-state index >= 15 is 0 Å². The van der Waals surface area contributed by atoms with Crippen molar-refractivity contribution < 1.29 is 22.3 Å². The third kappa shape index (κ3) is 7.30. The van der Waals surface area contributed by atoms with Crippen LogP contribution in [0.2, 0.25) is 0 Å². The van der Waals surface area contributed by atoms with E-state index in [-0.39, 0.29) is 22.7 Å². The number of carbonyl (C=O) groups excluding carboxylic acids is 1. The minimum Gasteiger partial charge on any atom is -0.444 e. The van der Waals surface area contributed by atoms with Gasteiger partial charge in [-0.2, -0.15) is 5.10 Å². The number of piperazine rings is 1. The van der Waals surface area contributed by atoms with Crippen molar-refractivity contribution in [1.29, 1.82) is 0 Å². The number of hydrogen-bond acceptors (Lipinski definition) is 7. The lowest BCUT2D eigenvalue weighted by Gasteiger charge is -2.36. The lowest BCUT2D eigenvalue weighted by atomic mass is 9.97. The molecule has 290 valence electrons. The maximum Gasteiger partial charge on any atom is 0.410 e. The summed E-state index contributed by atoms with van der Waals surface area (Å²) in [5.74, 6) is -0.0890. The zero-order chi connectivity index (χ0) is 39.5. The van der Waals surface area contributed by atoms with E-state index in [9.17, 15) is 17.6 Å². The molecule has 0 bridgehead atoms. The first-order valence-corrected chi connectivity index (χ1v) is 20.6. The molecule has 3 aromatic carbocycles. The summed E-state index contributed by atoms with van der Waals surface area (Å²) < 4.78 is 51.8. The van der Waals surface area contributed by atoms with Crippen LogP contribution in [0.3, 0.4) is 0 Å². The number of nitrogens with zero attached hydrogens (tertiary/aromatic N) is 6. The number of fused-ring (bicyclic) bond motifs is 1. The molecule has 0 unspecified atom stereocenters. The fourth-order valence-electron chi connectivity index (χ4n) is 7.61. The van der Waals surface area contributed by atoms with Crippen LogP contribution in [-0.4, -0.2) is 69.9 Å². The molecule has 10 nitrogen and oxygen atoms in total. The Morgan fingerprint density at radius 2 is 1.59 bits per heavy atom. The summed E-state index contributed by atoms with van der Waals surface area (Å²) in [6.07, 6.45) is 3.37. The van der Waals surface area contributed by atoms with Gasteiger partial charge in [0.05, 0.1) is 22.8 Å². The zero-order valence-electron chi connectivity index (χ0n) is 32.7. The fourth-order valence-corrected chi connectivity index (χ4v) is 8.93. The summed E-state index contributed by atoms with van der Waals surface area (Å²) in [5.41, 5.74) is 8.59. The van der Waals surface area contributed by atoms with Gasteiger partial charge in [-0.1, -0.05) is 42.0 Å². The van der Waals surface area contributed by atoms with Gasteiger partial charge in [-0.15, -0.1) is 0 Å². The second kappa shape index (κ2) is 14.2. The van der Waals surface area contributed by atoms with Gasteiger partial charge in [0.15, 0.2) is 5.65 Å². The molecule has 1 saturated carbocycles. The van der Waals surface area contributed by atoms with Crippen LogP contribution in [0.1, 0.15) is 67.7 Å². The predicted octanol–water partition coefficient (Wildman–Crippen LogP) is 8.85. The number of aromatic nitrogens is 4. The lowest BCUT2D eigenvalue weighted by molar-refractivity contribution is 0.0240. The monoisotopic (exact) mass is 774 g/mol. The molecule has 12 heteroatoms. The van der Waals surface area contributed by atoms with Crippen LogP contribution < -0.4 is 4.90 Å². The number of pyridine rings is 1. The largest absolute Gasteiger partial charge is 0.444 e. The van der Waals surface area contributed by atoms with E-state index in [1.54, 1.807) is 41.4 Å². The van der Waals surface area contributed by atoms with Crippen molar-refractivity contribution in [3.05, 3.63) is 119 Å². The van der Waals surface area contributed by atoms with Gasteiger partial charge in [-0.05, 0) is 108 Å². The van der Waals surface area contributed by atoms with E-state index in [4.69, 9.17) is 14.8 Å². The minimum absolute atomic E-state index is 0.183. The number of anilines is 1. The highest BCUT2D eigenvalue weighted by molar-refractivity contribution is 7.90. The topological polar surface area (TPSA) is 103 Å². The van der Waals surface area contributed by atoms with Gasteiger partial charge in [-0.25, -0.2) is 26.6 Å². The number of rotatable bonds is 8. The van der Waals surface area contributed by atoms with Gasteiger partial charge in [0, 0.05) is 71.8 Å². The molecular weight excluding hydrogens is 728 g/mol. The highest BCUT2D eigenvalue weighted by Crippen LogP contribution is 2.46. The molecule has 56 heavy (non-hydrogen) atoms. The molecular formula is C44H47FN6O4S. The van der Waals surface area contributed by atoms with Crippen LogP contribution >= 0.6 is 0 Å². The predicted molar refractivity (Wildman–Crippen MR) is 217 cm³/mol. The summed E-state index contributed by atoms with van der Waals surface area (Å²) in [6.45, 7) is 14.3. The second-order valence-corrected chi connectivity index (χ2v) is 17.9. The quantitative estimate of drug-likeness (QED) is 0.152. The second-order valence-electron chi connectivity index (χ2n) is 16.1. The Morgan fingerprint density at radius 3 is 2.23 bits per heavy atom. The minimum atomic E-state index is -4.03. The van der Waals surface area contributed by atoms with Gasteiger partial charge in [0.2, 0.25) is 0 Å². The standard InChI is InChI=1S/C44H47FN6O4S/c1-28-10-18-36(19-11-28)56(53,54)51-27-39(40-29(2)47-50(30(40)3)26-31-8-7-9-34(45)24-31)38-25-37(41(33-12-13-33)46-42(38)51)32-14-16-35(17-15-32)48-20-22-49(23-21-48)43(52)55-44(4,5)6/h7-11,14-19,24-25,27,33H,12-13,20-23,26H2,1-6H3. The number of amides is 1. The Hall–Kier alpha value is -5.49. The molecule has 1 aliphatic heterocycles. The van der Waals surface area contributed by atoms with Gasteiger partial charge >= 0.3 is 6.09 Å². The van der Waals surface area contributed by atoms with E-state index < -0.39 is 15.6 Å². The molecule has 0 spiro atoms. The van der Waals surface area contributed by atoms with Crippen LogP contribution in [0.4, 0.5) is 14.9 Å². The van der Waals surface area contributed by atoms with Crippen molar-refractivity contribution in [2.75, 3.05) is 31.1 Å². The van der Waals surface area contributed by atoms with Crippen LogP contribution in [0, 0.1) is 26.6 Å². The number of benzene rings is 3. The summed E-state index contributed by atoms with van der Waals surface area (Å²) in [5, 5.41) is 5.57. The first kappa shape index (κ1) is 37.4. The highest BCUT2D eigenvalue weighted by atomic mass is 32.2. The van der Waals surface area contributed by atoms with E-state index in [0.29, 0.717) is 49.3 Å². The zero-order valence-corrected chi connectivity index (χ0v) is 33.5. The molecule has 0 N–H and O–H groups in total. The molecule has 1 saturated heterocycles. The van der Waals surface area contributed by atoms with E-state index in [1.807, 2.05) is 52.3 Å². The molecule has 2 fully saturated rings. The first-order valence-electron chi connectivity index (χ1n) is 19.2. The van der Waals surface area contributed by atoms with Crippen molar-refractivity contribution in [1.82, 2.24) is 23.6 Å². The van der Waals surface area contributed by atoms with Gasteiger partial charge < -0.3 is 14.5 Å². The number of aryl methyl sites for hydroxylation is 2. The average Bonchev–Trinajstić information content (AvgIpc) is 3.89. The Balaban J connectivity index is 1.20. The van der Waals surface area contributed by atoms with Crippen molar-refractivity contribution in [2.45, 2.75) is 77.3 Å². The summed E-state index contributed by atoms with van der Waals surface area (Å²) in [6, 6.07) is 23.9. The SMILES string of the molecule is Cc1ccc(S(=O)(=O)n2cc(-c3c(C)nn(Cc4cccc(F)c4)c3C)c3cc(-c4ccc(N5CCN(C(=O)OC(C)(C)C)CC5)cc4)c(C4CC4)nc32)cc1. The number of carbonyl (C=O) groups is 1. The Morgan fingerprint density at radius 1 is 0.893 bits per heavy atom. The van der Waals surface area contributed by atoms with Crippen LogP contribution in [0.15, 0.2) is 90.0 Å². The molecule has 6 aromatic rings. The summed E-state index contributed by atoms with van der Waals surface area (Å²) in [7, 11) is -4.03. The van der Waals surface area contributed by atoms with Crippen molar-refractivity contribution in [3.63, 3.8) is 0 Å². The molecule has 0 atom stereocenters. The molecule has 0 radical (unpaired) electrons. The van der Waals surface area contributed by atoms with Crippen molar-refractivity contribution >= 4 is 32.8 Å². The molecule has 3 aromatic heterocycles. The van der Waals surface area contributed by atoms with Crippen LogP contribution in [-0.2, 0) is 21.3 Å². The molecule has 8 rings (SSSR count). The highest BCUT2D eigenvalue weighted by Gasteiger charge is 2.33. The lowest BCUT2D eigenvalue weighted by Crippen LogP contribution is -2.50. The van der Waals surface area contributed by atoms with Gasteiger partial charge in [-0.3, -0.25) is 4.68 Å². The van der Waals surface area contributed by atoms with Crippen LogP contribution in [0.25, 0.3) is 33.3 Å². The van der Waals surface area contributed by atoms with Gasteiger partial charge in [0.25, 0.3) is 10.0 Å². The summed E-state index contributed by atoms with van der Waals surface area (Å²) in [4.78, 5) is 22.1. The molecule has 1 amide bonds. The molecule has 4 heterocycles. The molecule has 2 aliphatic rings. The Bertz CT molecular complexity index is 2560. The number of halogens is 1. The van der Waals surface area contributed by atoms with Crippen molar-refractivity contribution in [2.24, 2.45) is 0 Å². The van der Waals surface area contributed by atoms with Crippen molar-refractivity contribution in [3.8, 4) is 22.3 Å². The van der Waals surface area contributed by atoms with E-state index in [0.717, 1.165) is 63.4 Å². The molecule has 1 aliphatic carbocycles. The third-order valence-electron chi connectivity index (χ3n) is 10.7. The fraction of sp³-hybridized carbons (Fsp3) is 0.341. The smallest absolute Gasteiger partial charge is 0.410 e. The van der Waals surface area contributed by atoms with E-state index in [1.165, 1.54) is 16.1 Å². The summed E-state index contributed by atoms with van der Waals surface area (Å²) >= 11 is 0. The maximum atomic E-state index is 14.4.